The molecule has 242 valence electrons. The molecule has 0 unspecified atom stereocenters. The standard InChI is InChI=1S/C29H36O15/c1-11-22(32)24(34)26(36)28(41-11)40-10-20-23(33)25(35)27(37)29(44-20)42-13-7-14(30)21-15(31)9-17(43-19(21)8-13)12-4-5-16(38-2)18(6-12)39-3/h4-8,11,17,20,22-30,32-37H,9-10H2,1-3H3/t11-,17+,20-,22-,23-,24+,25+,26+,27-,28+,29-/m1/s1. The second kappa shape index (κ2) is 13.0. The van der Waals surface area contributed by atoms with Crippen molar-refractivity contribution in [2.75, 3.05) is 20.8 Å². The molecule has 0 amide bonds. The highest BCUT2D eigenvalue weighted by molar-refractivity contribution is 6.02. The van der Waals surface area contributed by atoms with E-state index in [4.69, 9.17) is 33.2 Å². The lowest BCUT2D eigenvalue weighted by Crippen LogP contribution is -2.61. The normalized spacial score (nSPS) is 35.4. The van der Waals surface area contributed by atoms with Crippen molar-refractivity contribution in [3.63, 3.8) is 0 Å². The summed E-state index contributed by atoms with van der Waals surface area (Å²) in [6, 6.07) is 7.50. The molecule has 3 aliphatic heterocycles. The van der Waals surface area contributed by atoms with Gasteiger partial charge in [-0.3, -0.25) is 4.79 Å². The van der Waals surface area contributed by atoms with Crippen molar-refractivity contribution < 1.29 is 73.7 Å². The molecule has 0 spiro atoms. The number of ether oxygens (including phenoxy) is 7. The number of phenols is 1. The van der Waals surface area contributed by atoms with Gasteiger partial charge >= 0.3 is 0 Å². The number of carbonyl (C=O) groups excluding carboxylic acids is 1. The zero-order chi connectivity index (χ0) is 31.9. The minimum absolute atomic E-state index is 0.0000931. The molecule has 11 atom stereocenters. The molecular formula is C29H36O15. The third-order valence-electron chi connectivity index (χ3n) is 7.91. The van der Waals surface area contributed by atoms with E-state index in [0.29, 0.717) is 17.1 Å². The van der Waals surface area contributed by atoms with Gasteiger partial charge < -0.3 is 68.9 Å². The van der Waals surface area contributed by atoms with E-state index in [9.17, 15) is 40.5 Å². The first kappa shape index (κ1) is 32.2. The third kappa shape index (κ3) is 6.15. The SMILES string of the molecule is COc1ccc([C@@H]2CC(=O)c3c(O)cc(O[C@@H]4O[C@H](CO[C@H]5O[C@H](C)[C@@H](O)[C@H](O)[C@@H]5O)[C@@H](O)[C@H](O)[C@H]4O)cc3O2)cc1OC. The van der Waals surface area contributed by atoms with E-state index in [2.05, 4.69) is 0 Å². The van der Waals surface area contributed by atoms with Gasteiger partial charge in [-0.15, -0.1) is 0 Å². The van der Waals surface area contributed by atoms with Gasteiger partial charge in [0.1, 0.15) is 71.6 Å². The Balaban J connectivity index is 1.31. The van der Waals surface area contributed by atoms with Crippen LogP contribution in [0.1, 0.15) is 35.4 Å². The molecule has 5 rings (SSSR count). The topological polar surface area (TPSA) is 223 Å². The maximum absolute atomic E-state index is 13.0. The lowest BCUT2D eigenvalue weighted by molar-refractivity contribution is -0.318. The summed E-state index contributed by atoms with van der Waals surface area (Å²) in [7, 11) is 2.97. The number of hydrogen-bond acceptors (Lipinski definition) is 15. The molecule has 0 aliphatic carbocycles. The van der Waals surface area contributed by atoms with Gasteiger partial charge in [-0.2, -0.15) is 0 Å². The van der Waals surface area contributed by atoms with E-state index >= 15 is 0 Å². The molecule has 2 saturated heterocycles. The molecule has 7 N–H and O–H groups in total. The largest absolute Gasteiger partial charge is 0.507 e. The fourth-order valence-corrected chi connectivity index (χ4v) is 5.35. The highest BCUT2D eigenvalue weighted by Gasteiger charge is 2.47. The molecule has 15 nitrogen and oxygen atoms in total. The van der Waals surface area contributed by atoms with Gasteiger partial charge in [0.25, 0.3) is 0 Å². The Kier molecular flexibility index (Phi) is 9.50. The predicted molar refractivity (Wildman–Crippen MR) is 146 cm³/mol. The minimum atomic E-state index is -1.76. The van der Waals surface area contributed by atoms with Crippen LogP contribution in [0.3, 0.4) is 0 Å². The first-order chi connectivity index (χ1) is 20.9. The van der Waals surface area contributed by atoms with E-state index in [1.807, 2.05) is 0 Å². The first-order valence-electron chi connectivity index (χ1n) is 13.9. The van der Waals surface area contributed by atoms with Gasteiger partial charge in [0.2, 0.25) is 6.29 Å². The van der Waals surface area contributed by atoms with Crippen LogP contribution in [0.2, 0.25) is 0 Å². The van der Waals surface area contributed by atoms with E-state index in [1.165, 1.54) is 27.2 Å². The maximum Gasteiger partial charge on any atom is 0.229 e. The number of aromatic hydroxyl groups is 1. The van der Waals surface area contributed by atoms with Crippen LogP contribution < -0.4 is 18.9 Å². The van der Waals surface area contributed by atoms with E-state index in [-0.39, 0.29) is 29.3 Å². The van der Waals surface area contributed by atoms with Gasteiger partial charge in [0, 0.05) is 12.1 Å². The summed E-state index contributed by atoms with van der Waals surface area (Å²) < 4.78 is 38.9. The monoisotopic (exact) mass is 624 g/mol. The molecule has 2 aromatic rings. The number of hydrogen-bond donors (Lipinski definition) is 7. The lowest BCUT2D eigenvalue weighted by Gasteiger charge is -2.42. The molecular weight excluding hydrogens is 588 g/mol. The lowest BCUT2D eigenvalue weighted by atomic mass is 9.95. The summed E-state index contributed by atoms with van der Waals surface area (Å²) >= 11 is 0. The Labute approximate surface area is 251 Å². The molecule has 0 aromatic heterocycles. The van der Waals surface area contributed by atoms with Crippen LogP contribution in [0.4, 0.5) is 0 Å². The second-order valence-corrected chi connectivity index (χ2v) is 10.8. The molecule has 0 saturated carbocycles. The quantitative estimate of drug-likeness (QED) is 0.190. The van der Waals surface area contributed by atoms with Gasteiger partial charge in [0.05, 0.1) is 33.4 Å². The molecule has 15 heteroatoms. The summed E-state index contributed by atoms with van der Waals surface area (Å²) in [5.41, 5.74) is 0.551. The summed E-state index contributed by atoms with van der Waals surface area (Å²) in [4.78, 5) is 13.0. The van der Waals surface area contributed by atoms with Crippen LogP contribution >= 0.6 is 0 Å². The number of rotatable bonds is 8. The fourth-order valence-electron chi connectivity index (χ4n) is 5.35. The summed E-state index contributed by atoms with van der Waals surface area (Å²) in [6.07, 6.45) is -15.7. The van der Waals surface area contributed by atoms with Crippen molar-refractivity contribution in [3.8, 4) is 28.7 Å². The van der Waals surface area contributed by atoms with E-state index in [1.54, 1.807) is 18.2 Å². The smallest absolute Gasteiger partial charge is 0.229 e. The third-order valence-corrected chi connectivity index (χ3v) is 7.91. The number of aliphatic hydroxyl groups excluding tert-OH is 6. The van der Waals surface area contributed by atoms with Crippen molar-refractivity contribution in [1.29, 1.82) is 0 Å². The number of phenolic OH excluding ortho intramolecular Hbond substituents is 1. The highest BCUT2D eigenvalue weighted by Crippen LogP contribution is 2.43. The van der Waals surface area contributed by atoms with Crippen LogP contribution in [0, 0.1) is 0 Å². The van der Waals surface area contributed by atoms with E-state index < -0.39 is 79.9 Å². The number of fused-ring (bicyclic) bond motifs is 1. The Morgan fingerprint density at radius 1 is 0.818 bits per heavy atom. The number of aliphatic hydroxyl groups is 6. The van der Waals surface area contributed by atoms with Gasteiger partial charge in [-0.05, 0) is 24.6 Å². The number of carbonyl (C=O) groups is 1. The Morgan fingerprint density at radius 2 is 1.50 bits per heavy atom. The molecule has 3 aliphatic rings. The fraction of sp³-hybridized carbons (Fsp3) is 0.552. The molecule has 0 bridgehead atoms. The van der Waals surface area contributed by atoms with Gasteiger partial charge in [-0.1, -0.05) is 6.07 Å². The molecule has 3 heterocycles. The van der Waals surface area contributed by atoms with Crippen LogP contribution in [0.15, 0.2) is 30.3 Å². The van der Waals surface area contributed by atoms with E-state index in [0.717, 1.165) is 6.07 Å². The van der Waals surface area contributed by atoms with Crippen molar-refractivity contribution in [2.24, 2.45) is 0 Å². The second-order valence-electron chi connectivity index (χ2n) is 10.8. The molecule has 44 heavy (non-hydrogen) atoms. The summed E-state index contributed by atoms with van der Waals surface area (Å²) in [6.45, 7) is 0.982. The Morgan fingerprint density at radius 3 is 2.20 bits per heavy atom. The van der Waals surface area contributed by atoms with Gasteiger partial charge in [0.15, 0.2) is 23.6 Å². The van der Waals surface area contributed by atoms with Crippen LogP contribution in [-0.2, 0) is 14.2 Å². The number of benzene rings is 2. The average Bonchev–Trinajstić information content (AvgIpc) is 3.01. The predicted octanol–water partition coefficient (Wildman–Crippen LogP) is -0.854. The zero-order valence-corrected chi connectivity index (χ0v) is 24.0. The Hall–Kier alpha value is -3.25. The number of ketones is 1. The highest BCUT2D eigenvalue weighted by atomic mass is 16.7. The summed E-state index contributed by atoms with van der Waals surface area (Å²) in [5, 5.41) is 72.3. The van der Waals surface area contributed by atoms with Crippen LogP contribution in [0.25, 0.3) is 0 Å². The van der Waals surface area contributed by atoms with Crippen molar-refractivity contribution in [2.45, 2.75) is 80.9 Å². The minimum Gasteiger partial charge on any atom is -0.507 e. The maximum atomic E-state index is 13.0. The molecule has 2 aromatic carbocycles. The average molecular weight is 625 g/mol. The van der Waals surface area contributed by atoms with Gasteiger partial charge in [-0.25, -0.2) is 0 Å². The van der Waals surface area contributed by atoms with Crippen molar-refractivity contribution in [1.82, 2.24) is 0 Å². The zero-order valence-electron chi connectivity index (χ0n) is 24.0. The van der Waals surface area contributed by atoms with Crippen molar-refractivity contribution >= 4 is 5.78 Å². The number of Topliss-reactive ketones (excluding diaryl/α,β-unsaturated/α-hetero) is 1. The molecule has 0 radical (unpaired) electrons. The van der Waals surface area contributed by atoms with Crippen molar-refractivity contribution in [3.05, 3.63) is 41.5 Å². The summed E-state index contributed by atoms with van der Waals surface area (Å²) in [5.74, 6) is -0.00697. The number of methoxy groups -OCH3 is 2. The Bertz CT molecular complexity index is 1340. The molecule has 2 fully saturated rings. The van der Waals surface area contributed by atoms with Crippen LogP contribution in [0.5, 0.6) is 28.7 Å². The first-order valence-corrected chi connectivity index (χ1v) is 13.9. The van der Waals surface area contributed by atoms with Crippen LogP contribution in [-0.4, -0.2) is 124 Å².